The maximum Gasteiger partial charge on any atom is 0.264 e. The van der Waals surface area contributed by atoms with Gasteiger partial charge in [-0.15, -0.1) is 0 Å². The lowest BCUT2D eigenvalue weighted by atomic mass is 10.0. The van der Waals surface area contributed by atoms with Crippen LogP contribution >= 0.6 is 0 Å². The molecule has 44 heavy (non-hydrogen) atoms. The molecule has 10 heteroatoms. The van der Waals surface area contributed by atoms with Gasteiger partial charge in [0.1, 0.15) is 24.2 Å². The second-order valence-electron chi connectivity index (χ2n) is 10.5. The van der Waals surface area contributed by atoms with E-state index in [-0.39, 0.29) is 29.6 Å². The van der Waals surface area contributed by atoms with Crippen LogP contribution in [0.4, 0.5) is 14.5 Å². The van der Waals surface area contributed by atoms with E-state index in [0.29, 0.717) is 12.0 Å². The molecule has 0 aliphatic carbocycles. The van der Waals surface area contributed by atoms with Gasteiger partial charge in [-0.05, 0) is 73.0 Å². The van der Waals surface area contributed by atoms with Crippen LogP contribution in [0.25, 0.3) is 0 Å². The Hall–Kier alpha value is -4.57. The number of carbonyl (C=O) groups excluding carboxylic acids is 2. The topological polar surface area (TPSA) is 86.8 Å². The molecule has 0 bridgehead atoms. The van der Waals surface area contributed by atoms with Crippen LogP contribution in [0, 0.1) is 11.6 Å². The van der Waals surface area contributed by atoms with E-state index in [1.165, 1.54) is 29.2 Å². The number of para-hydroxylation sites is 1. The van der Waals surface area contributed by atoms with Crippen molar-refractivity contribution in [2.45, 2.75) is 50.2 Å². The van der Waals surface area contributed by atoms with E-state index in [0.717, 1.165) is 34.1 Å². The molecule has 0 saturated heterocycles. The molecule has 0 radical (unpaired) electrons. The predicted octanol–water partition coefficient (Wildman–Crippen LogP) is 5.71. The molecule has 0 aliphatic heterocycles. The van der Waals surface area contributed by atoms with E-state index >= 15 is 0 Å². The fourth-order valence-electron chi connectivity index (χ4n) is 4.64. The van der Waals surface area contributed by atoms with Crippen LogP contribution in [0.15, 0.2) is 114 Å². The summed E-state index contributed by atoms with van der Waals surface area (Å²) in [5.41, 5.74) is 1.57. The lowest BCUT2D eigenvalue weighted by Gasteiger charge is -2.34. The number of nitrogens with zero attached hydrogens (tertiary/aromatic N) is 2. The predicted molar refractivity (Wildman–Crippen MR) is 166 cm³/mol. The molecule has 7 nitrogen and oxygen atoms in total. The van der Waals surface area contributed by atoms with Gasteiger partial charge in [-0.1, -0.05) is 67.6 Å². The van der Waals surface area contributed by atoms with E-state index in [1.54, 1.807) is 30.3 Å². The van der Waals surface area contributed by atoms with E-state index in [9.17, 15) is 26.8 Å². The van der Waals surface area contributed by atoms with Crippen molar-refractivity contribution < 1.29 is 26.8 Å². The van der Waals surface area contributed by atoms with Gasteiger partial charge in [0, 0.05) is 19.0 Å². The molecule has 0 heterocycles. The van der Waals surface area contributed by atoms with Crippen LogP contribution in [0.5, 0.6) is 0 Å². The largest absolute Gasteiger partial charge is 0.352 e. The summed E-state index contributed by atoms with van der Waals surface area (Å²) in [4.78, 5) is 29.3. The maximum atomic E-state index is 14.3. The molecule has 4 aromatic carbocycles. The molecule has 230 valence electrons. The minimum atomic E-state index is -4.34. The highest BCUT2D eigenvalue weighted by atomic mass is 32.2. The Morgan fingerprint density at radius 3 is 1.89 bits per heavy atom. The average molecular weight is 620 g/mol. The highest BCUT2D eigenvalue weighted by molar-refractivity contribution is 7.92. The average Bonchev–Trinajstić information content (AvgIpc) is 3.03. The molecule has 0 unspecified atom stereocenters. The summed E-state index contributed by atoms with van der Waals surface area (Å²) in [6.45, 7) is 3.06. The van der Waals surface area contributed by atoms with Gasteiger partial charge in [0.2, 0.25) is 11.8 Å². The van der Waals surface area contributed by atoms with Gasteiger partial charge in [0.15, 0.2) is 0 Å². The molecule has 0 aliphatic rings. The molecular weight excluding hydrogens is 584 g/mol. The normalized spacial score (nSPS) is 12.6. The Morgan fingerprint density at radius 2 is 1.32 bits per heavy atom. The first kappa shape index (κ1) is 32.3. The molecule has 0 fully saturated rings. The smallest absolute Gasteiger partial charge is 0.264 e. The van der Waals surface area contributed by atoms with Crippen molar-refractivity contribution >= 4 is 27.5 Å². The number of hydrogen-bond acceptors (Lipinski definition) is 4. The van der Waals surface area contributed by atoms with Gasteiger partial charge < -0.3 is 10.2 Å². The summed E-state index contributed by atoms with van der Waals surface area (Å²) in [7, 11) is -4.34. The molecule has 4 rings (SSSR count). The fourth-order valence-corrected chi connectivity index (χ4v) is 6.05. The minimum absolute atomic E-state index is 0.0796. The quantitative estimate of drug-likeness (QED) is 0.208. The Labute approximate surface area is 257 Å². The fraction of sp³-hybridized carbons (Fsp3) is 0.235. The number of anilines is 1. The summed E-state index contributed by atoms with van der Waals surface area (Å²) in [6.07, 6.45) is 0.819. The Bertz CT molecular complexity index is 1640. The van der Waals surface area contributed by atoms with Crippen molar-refractivity contribution in [2.75, 3.05) is 10.8 Å². The molecule has 4 aromatic rings. The number of benzene rings is 4. The zero-order valence-corrected chi connectivity index (χ0v) is 25.4. The van der Waals surface area contributed by atoms with Gasteiger partial charge in [-0.25, -0.2) is 17.2 Å². The molecule has 1 N–H and O–H groups in total. The van der Waals surface area contributed by atoms with Crippen molar-refractivity contribution in [2.24, 2.45) is 0 Å². The van der Waals surface area contributed by atoms with Crippen molar-refractivity contribution in [3.8, 4) is 0 Å². The Balaban J connectivity index is 1.78. The molecule has 2 atom stereocenters. The van der Waals surface area contributed by atoms with Gasteiger partial charge in [-0.3, -0.25) is 13.9 Å². The lowest BCUT2D eigenvalue weighted by molar-refractivity contribution is -0.140. The third-order valence-electron chi connectivity index (χ3n) is 7.26. The zero-order valence-electron chi connectivity index (χ0n) is 24.6. The van der Waals surface area contributed by atoms with E-state index in [1.807, 2.05) is 44.2 Å². The molecule has 0 spiro atoms. The summed E-state index contributed by atoms with van der Waals surface area (Å²) >= 11 is 0. The minimum Gasteiger partial charge on any atom is -0.352 e. The van der Waals surface area contributed by atoms with Crippen molar-refractivity contribution in [1.82, 2.24) is 10.2 Å². The van der Waals surface area contributed by atoms with Crippen molar-refractivity contribution in [3.05, 3.63) is 132 Å². The number of sulfonamides is 1. The molecule has 0 saturated carbocycles. The number of nitrogens with one attached hydrogen (secondary N) is 1. The molecular formula is C34H35F2N3O4S. The number of rotatable bonds is 13. The number of carbonyl (C=O) groups is 2. The lowest BCUT2D eigenvalue weighted by Crippen LogP contribution is -2.54. The molecule has 0 aromatic heterocycles. The first-order valence-corrected chi connectivity index (χ1v) is 15.7. The Morgan fingerprint density at radius 1 is 0.773 bits per heavy atom. The van der Waals surface area contributed by atoms with Crippen LogP contribution in [0.1, 0.15) is 31.4 Å². The number of hydrogen-bond donors (Lipinski definition) is 1. The van der Waals surface area contributed by atoms with E-state index < -0.39 is 46.1 Å². The van der Waals surface area contributed by atoms with Crippen LogP contribution < -0.4 is 9.62 Å². The first-order valence-electron chi connectivity index (χ1n) is 14.3. The summed E-state index contributed by atoms with van der Waals surface area (Å²) in [5, 5.41) is 2.97. The Kier molecular flexibility index (Phi) is 10.8. The maximum absolute atomic E-state index is 14.3. The second-order valence-corrected chi connectivity index (χ2v) is 12.3. The van der Waals surface area contributed by atoms with E-state index in [2.05, 4.69) is 5.32 Å². The monoisotopic (exact) mass is 619 g/mol. The summed E-state index contributed by atoms with van der Waals surface area (Å²) in [5.74, 6) is -2.11. The molecule has 2 amide bonds. The highest BCUT2D eigenvalue weighted by Crippen LogP contribution is 2.25. The third kappa shape index (κ3) is 8.29. The highest BCUT2D eigenvalue weighted by Gasteiger charge is 2.35. The first-order chi connectivity index (χ1) is 21.1. The number of halogens is 2. The standard InChI is InChI=1S/C34H35F2N3O4S/c1-3-25(2)37-34(41)32(22-26-10-6-4-7-11-26)38(23-27-14-16-28(35)17-15-27)33(40)24-39(30-12-8-5-9-13-30)44(42,43)31-20-18-29(36)19-21-31/h4-21,25,32H,3,22-24H2,1-2H3,(H,37,41)/t25-,32+/m1/s1. The SMILES string of the molecule is CC[C@@H](C)NC(=O)[C@H](Cc1ccccc1)N(Cc1ccc(F)cc1)C(=O)CN(c1ccccc1)S(=O)(=O)c1ccc(F)cc1. The summed E-state index contributed by atoms with van der Waals surface area (Å²) < 4.78 is 56.2. The van der Waals surface area contributed by atoms with Crippen LogP contribution in [-0.4, -0.2) is 43.8 Å². The zero-order chi connectivity index (χ0) is 31.7. The second kappa shape index (κ2) is 14.7. The van der Waals surface area contributed by atoms with E-state index in [4.69, 9.17) is 0 Å². The third-order valence-corrected chi connectivity index (χ3v) is 9.05. The van der Waals surface area contributed by atoms with Gasteiger partial charge in [0.05, 0.1) is 10.6 Å². The van der Waals surface area contributed by atoms with Gasteiger partial charge in [-0.2, -0.15) is 0 Å². The van der Waals surface area contributed by atoms with Gasteiger partial charge >= 0.3 is 0 Å². The van der Waals surface area contributed by atoms with Crippen molar-refractivity contribution in [1.29, 1.82) is 0 Å². The van der Waals surface area contributed by atoms with Crippen molar-refractivity contribution in [3.63, 3.8) is 0 Å². The van der Waals surface area contributed by atoms with Crippen LogP contribution in [0.2, 0.25) is 0 Å². The number of amides is 2. The van der Waals surface area contributed by atoms with Crippen LogP contribution in [0.3, 0.4) is 0 Å². The van der Waals surface area contributed by atoms with Crippen LogP contribution in [-0.2, 0) is 32.6 Å². The summed E-state index contributed by atoms with van der Waals surface area (Å²) in [6, 6.07) is 26.0. The van der Waals surface area contributed by atoms with Gasteiger partial charge in [0.25, 0.3) is 10.0 Å².